The fourth-order valence-electron chi connectivity index (χ4n) is 0.498. The lowest BCUT2D eigenvalue weighted by molar-refractivity contribution is -0.108. The minimum atomic E-state index is 0.406. The summed E-state index contributed by atoms with van der Waals surface area (Å²) in [4.78, 5) is 21.5. The Morgan fingerprint density at radius 3 is 2.50 bits per heavy atom. The Morgan fingerprint density at radius 2 is 2.00 bits per heavy atom. The van der Waals surface area contributed by atoms with Crippen LogP contribution in [0.1, 0.15) is 0 Å². The smallest absolute Gasteiger partial charge is 0.142 e. The molecule has 0 aliphatic carbocycles. The SMILES string of the molecule is CN(CC=O)C/C=C/C=O. The van der Waals surface area contributed by atoms with Crippen LogP contribution in [0.3, 0.4) is 0 Å². The monoisotopic (exact) mass is 141 g/mol. The highest BCUT2D eigenvalue weighted by Gasteiger charge is 1.89. The van der Waals surface area contributed by atoms with Gasteiger partial charge in [-0.2, -0.15) is 0 Å². The van der Waals surface area contributed by atoms with Crippen LogP contribution in [-0.4, -0.2) is 37.6 Å². The molecular formula is C7H11NO2. The van der Waals surface area contributed by atoms with E-state index >= 15 is 0 Å². The van der Waals surface area contributed by atoms with Crippen molar-refractivity contribution in [2.24, 2.45) is 0 Å². The molecule has 0 saturated heterocycles. The zero-order chi connectivity index (χ0) is 7.82. The molecule has 0 aromatic heterocycles. The second-order valence-corrected chi connectivity index (χ2v) is 1.95. The van der Waals surface area contributed by atoms with Crippen LogP contribution in [0.25, 0.3) is 0 Å². The topological polar surface area (TPSA) is 37.4 Å². The fourth-order valence-corrected chi connectivity index (χ4v) is 0.498. The molecule has 0 spiro atoms. The van der Waals surface area contributed by atoms with Crippen LogP contribution in [0.4, 0.5) is 0 Å². The quantitative estimate of drug-likeness (QED) is 0.395. The van der Waals surface area contributed by atoms with Crippen molar-refractivity contribution in [3.8, 4) is 0 Å². The van der Waals surface area contributed by atoms with Crippen molar-refractivity contribution < 1.29 is 9.59 Å². The van der Waals surface area contributed by atoms with Crippen LogP contribution in [0.15, 0.2) is 12.2 Å². The third-order valence-electron chi connectivity index (χ3n) is 1.02. The van der Waals surface area contributed by atoms with Gasteiger partial charge in [-0.05, 0) is 13.1 Å². The number of aldehydes is 2. The van der Waals surface area contributed by atoms with Crippen LogP contribution in [-0.2, 0) is 9.59 Å². The average molecular weight is 141 g/mol. The molecule has 3 heteroatoms. The summed E-state index contributed by atoms with van der Waals surface area (Å²) < 4.78 is 0. The maximum absolute atomic E-state index is 9.91. The average Bonchev–Trinajstić information content (AvgIpc) is 1.89. The second-order valence-electron chi connectivity index (χ2n) is 1.95. The number of hydrogen-bond acceptors (Lipinski definition) is 3. The Kier molecular flexibility index (Phi) is 5.57. The van der Waals surface area contributed by atoms with Gasteiger partial charge in [-0.3, -0.25) is 9.69 Å². The van der Waals surface area contributed by atoms with Crippen molar-refractivity contribution in [2.45, 2.75) is 0 Å². The van der Waals surface area contributed by atoms with Crippen LogP contribution in [0.2, 0.25) is 0 Å². The zero-order valence-electron chi connectivity index (χ0n) is 5.99. The Morgan fingerprint density at radius 1 is 1.30 bits per heavy atom. The Labute approximate surface area is 60.3 Å². The summed E-state index contributed by atoms with van der Waals surface area (Å²) in [5.41, 5.74) is 0. The first kappa shape index (κ1) is 9.04. The van der Waals surface area contributed by atoms with E-state index in [2.05, 4.69) is 0 Å². The van der Waals surface area contributed by atoms with Gasteiger partial charge in [-0.1, -0.05) is 6.08 Å². The van der Waals surface area contributed by atoms with E-state index in [0.717, 1.165) is 12.6 Å². The molecule has 10 heavy (non-hydrogen) atoms. The molecule has 0 N–H and O–H groups in total. The normalized spacial score (nSPS) is 10.6. The molecule has 0 radical (unpaired) electrons. The third-order valence-corrected chi connectivity index (χ3v) is 1.02. The van der Waals surface area contributed by atoms with Gasteiger partial charge in [-0.25, -0.2) is 0 Å². The minimum absolute atomic E-state index is 0.406. The van der Waals surface area contributed by atoms with E-state index in [1.165, 1.54) is 6.08 Å². The van der Waals surface area contributed by atoms with E-state index in [1.54, 1.807) is 11.0 Å². The van der Waals surface area contributed by atoms with E-state index in [9.17, 15) is 9.59 Å². The summed E-state index contributed by atoms with van der Waals surface area (Å²) in [5, 5.41) is 0. The number of carbonyl (C=O) groups is 2. The summed E-state index contributed by atoms with van der Waals surface area (Å²) in [6.07, 6.45) is 4.67. The minimum Gasteiger partial charge on any atom is -0.302 e. The van der Waals surface area contributed by atoms with Gasteiger partial charge in [0.2, 0.25) is 0 Å². The highest BCUT2D eigenvalue weighted by molar-refractivity contribution is 5.64. The maximum atomic E-state index is 9.91. The molecule has 0 bridgehead atoms. The van der Waals surface area contributed by atoms with Gasteiger partial charge in [0, 0.05) is 6.54 Å². The first-order valence-corrected chi connectivity index (χ1v) is 3.03. The highest BCUT2D eigenvalue weighted by Crippen LogP contribution is 1.78. The number of allylic oxidation sites excluding steroid dienone is 1. The van der Waals surface area contributed by atoms with E-state index < -0.39 is 0 Å². The summed E-state index contributed by atoms with van der Waals surface area (Å²) in [5.74, 6) is 0. The van der Waals surface area contributed by atoms with Gasteiger partial charge in [-0.15, -0.1) is 0 Å². The van der Waals surface area contributed by atoms with Gasteiger partial charge in [0.15, 0.2) is 0 Å². The van der Waals surface area contributed by atoms with Crippen molar-refractivity contribution in [2.75, 3.05) is 20.1 Å². The number of nitrogens with zero attached hydrogens (tertiary/aromatic N) is 1. The van der Waals surface area contributed by atoms with E-state index in [1.807, 2.05) is 7.05 Å². The summed E-state index contributed by atoms with van der Waals surface area (Å²) in [6.45, 7) is 1.04. The predicted molar refractivity (Wildman–Crippen MR) is 38.8 cm³/mol. The third kappa shape index (κ3) is 5.18. The molecule has 3 nitrogen and oxygen atoms in total. The lowest BCUT2D eigenvalue weighted by Gasteiger charge is -2.07. The molecule has 0 aromatic rings. The molecule has 0 aromatic carbocycles. The van der Waals surface area contributed by atoms with Gasteiger partial charge >= 0.3 is 0 Å². The van der Waals surface area contributed by atoms with E-state index in [0.29, 0.717) is 13.1 Å². The van der Waals surface area contributed by atoms with Crippen molar-refractivity contribution in [1.82, 2.24) is 4.90 Å². The first-order chi connectivity index (χ1) is 4.81. The Hall–Kier alpha value is -0.960. The molecule has 0 unspecified atom stereocenters. The van der Waals surface area contributed by atoms with Gasteiger partial charge in [0.25, 0.3) is 0 Å². The number of rotatable bonds is 5. The van der Waals surface area contributed by atoms with Gasteiger partial charge in [0.05, 0.1) is 6.54 Å². The lowest BCUT2D eigenvalue weighted by Crippen LogP contribution is -2.20. The zero-order valence-corrected chi connectivity index (χ0v) is 5.99. The Balaban J connectivity index is 3.37. The first-order valence-electron chi connectivity index (χ1n) is 3.03. The fraction of sp³-hybridized carbons (Fsp3) is 0.429. The van der Waals surface area contributed by atoms with Crippen LogP contribution in [0, 0.1) is 0 Å². The van der Waals surface area contributed by atoms with Crippen molar-refractivity contribution in [3.05, 3.63) is 12.2 Å². The summed E-state index contributed by atoms with van der Waals surface area (Å²) >= 11 is 0. The molecule has 0 rings (SSSR count). The molecule has 0 fully saturated rings. The van der Waals surface area contributed by atoms with Crippen LogP contribution in [0.5, 0.6) is 0 Å². The molecule has 0 amide bonds. The molecule has 56 valence electrons. The van der Waals surface area contributed by atoms with Gasteiger partial charge in [0.1, 0.15) is 12.6 Å². The van der Waals surface area contributed by atoms with E-state index in [-0.39, 0.29) is 0 Å². The molecule has 0 heterocycles. The number of carbonyl (C=O) groups excluding carboxylic acids is 2. The maximum Gasteiger partial charge on any atom is 0.142 e. The van der Waals surface area contributed by atoms with Crippen LogP contribution < -0.4 is 0 Å². The molecule has 0 aliphatic rings. The number of likely N-dealkylation sites (N-methyl/N-ethyl adjacent to an activating group) is 1. The van der Waals surface area contributed by atoms with Gasteiger partial charge < -0.3 is 4.79 Å². The van der Waals surface area contributed by atoms with Crippen LogP contribution >= 0.6 is 0 Å². The molecule has 0 atom stereocenters. The van der Waals surface area contributed by atoms with Crippen molar-refractivity contribution in [1.29, 1.82) is 0 Å². The summed E-state index contributed by atoms with van der Waals surface area (Å²) in [7, 11) is 1.81. The molecule has 0 saturated carbocycles. The largest absolute Gasteiger partial charge is 0.302 e. The van der Waals surface area contributed by atoms with Crippen molar-refractivity contribution >= 4 is 12.6 Å². The summed E-state index contributed by atoms with van der Waals surface area (Å²) in [6, 6.07) is 0. The highest BCUT2D eigenvalue weighted by atomic mass is 16.1. The number of hydrogen-bond donors (Lipinski definition) is 0. The molecule has 0 aliphatic heterocycles. The second kappa shape index (κ2) is 6.16. The Bertz CT molecular complexity index is 132. The lowest BCUT2D eigenvalue weighted by atomic mass is 10.4. The standard InChI is InChI=1S/C7H11NO2/c1-8(5-7-10)4-2-3-6-9/h2-3,6-7H,4-5H2,1H3/b3-2+. The van der Waals surface area contributed by atoms with E-state index in [4.69, 9.17) is 0 Å². The van der Waals surface area contributed by atoms with Crippen molar-refractivity contribution in [3.63, 3.8) is 0 Å². The predicted octanol–water partition coefficient (Wildman–Crippen LogP) is -0.128. The molecular weight excluding hydrogens is 130 g/mol.